The first kappa shape index (κ1) is 32.3. The molecule has 1 saturated carbocycles. The number of ether oxygens (including phenoxy) is 1. The van der Waals surface area contributed by atoms with Gasteiger partial charge in [0.1, 0.15) is 11.9 Å². The monoisotopic (exact) mass is 617 g/mol. The van der Waals surface area contributed by atoms with E-state index in [4.69, 9.17) is 4.74 Å². The third kappa shape index (κ3) is 7.79. The minimum atomic E-state index is -0.406. The van der Waals surface area contributed by atoms with Gasteiger partial charge in [-0.25, -0.2) is 4.79 Å². The SMILES string of the molecule is C[C@@H]1CN([C@@H](C)CO)C(=O)Cc2cc(NC(=O)Cc3cn(C)c4ccccc34)ccc2O[C@H]1CN(C)C(=O)NC1CCCCC1. The zero-order chi connectivity index (χ0) is 32.1. The Hall–Kier alpha value is -4.05. The normalized spacial score (nSPS) is 19.9. The summed E-state index contributed by atoms with van der Waals surface area (Å²) in [5.74, 6) is 0.136. The molecule has 0 bridgehead atoms. The van der Waals surface area contributed by atoms with Crippen LogP contribution in [-0.4, -0.2) is 82.3 Å². The van der Waals surface area contributed by atoms with E-state index >= 15 is 0 Å². The quantitative estimate of drug-likeness (QED) is 0.345. The van der Waals surface area contributed by atoms with Crippen molar-refractivity contribution in [1.29, 1.82) is 0 Å². The molecule has 1 aromatic heterocycles. The molecule has 1 aliphatic carbocycles. The Bertz CT molecular complexity index is 1510. The smallest absolute Gasteiger partial charge is 0.317 e. The van der Waals surface area contributed by atoms with E-state index in [9.17, 15) is 19.5 Å². The van der Waals surface area contributed by atoms with Gasteiger partial charge >= 0.3 is 6.03 Å². The summed E-state index contributed by atoms with van der Waals surface area (Å²) < 4.78 is 8.59. The Labute approximate surface area is 265 Å². The number of amides is 4. The summed E-state index contributed by atoms with van der Waals surface area (Å²) in [7, 11) is 3.74. The standard InChI is InChI=1S/C35H47N5O5/c1-23-19-40(24(2)22-41)34(43)18-25-16-28(36-33(42)17-26-20-38(3)30-13-9-8-12-29(26)30)14-15-31(25)45-32(23)21-39(4)35(44)37-27-10-6-5-7-11-27/h8-9,12-16,20,23-24,27,32,41H,5-7,10-11,17-19,21-22H2,1-4H3,(H,36,42)(H,37,44)/t23-,24+,32+/m1/s1. The highest BCUT2D eigenvalue weighted by molar-refractivity contribution is 5.96. The highest BCUT2D eigenvalue weighted by atomic mass is 16.5. The molecule has 10 heteroatoms. The number of benzene rings is 2. The number of hydrogen-bond donors (Lipinski definition) is 3. The molecule has 2 aliphatic rings. The van der Waals surface area contributed by atoms with E-state index in [0.29, 0.717) is 30.1 Å². The number of anilines is 1. The minimum Gasteiger partial charge on any atom is -0.488 e. The molecule has 3 N–H and O–H groups in total. The number of likely N-dealkylation sites (N-methyl/N-ethyl adjacent to an activating group) is 1. The fourth-order valence-corrected chi connectivity index (χ4v) is 6.55. The van der Waals surface area contributed by atoms with Gasteiger partial charge in [-0.05, 0) is 49.6 Å². The molecule has 3 aromatic rings. The molecule has 10 nitrogen and oxygen atoms in total. The molecule has 0 radical (unpaired) electrons. The molecule has 3 atom stereocenters. The fraction of sp³-hybridized carbons (Fsp3) is 0.514. The van der Waals surface area contributed by atoms with E-state index in [2.05, 4.69) is 10.6 Å². The topological polar surface area (TPSA) is 116 Å². The van der Waals surface area contributed by atoms with Crippen molar-refractivity contribution in [3.05, 3.63) is 59.8 Å². The van der Waals surface area contributed by atoms with Crippen molar-refractivity contribution >= 4 is 34.4 Å². The lowest BCUT2D eigenvalue weighted by Crippen LogP contribution is -2.50. The van der Waals surface area contributed by atoms with Crippen LogP contribution in [-0.2, 0) is 29.5 Å². The van der Waals surface area contributed by atoms with Crippen molar-refractivity contribution in [2.45, 2.75) is 77.0 Å². The number of fused-ring (bicyclic) bond motifs is 2. The van der Waals surface area contributed by atoms with E-state index in [-0.39, 0.29) is 55.3 Å². The van der Waals surface area contributed by atoms with Crippen molar-refractivity contribution in [2.75, 3.05) is 32.1 Å². The van der Waals surface area contributed by atoms with E-state index in [1.54, 1.807) is 35.0 Å². The number of rotatable bonds is 8. The average Bonchev–Trinajstić information content (AvgIpc) is 3.36. The molecule has 0 saturated heterocycles. The summed E-state index contributed by atoms with van der Waals surface area (Å²) >= 11 is 0. The molecule has 45 heavy (non-hydrogen) atoms. The van der Waals surface area contributed by atoms with Gasteiger partial charge in [-0.15, -0.1) is 0 Å². The first-order chi connectivity index (χ1) is 21.6. The van der Waals surface area contributed by atoms with Gasteiger partial charge in [0.05, 0.1) is 32.0 Å². The number of nitrogens with zero attached hydrogens (tertiary/aromatic N) is 3. The number of aliphatic hydroxyl groups is 1. The Morgan fingerprint density at radius 3 is 2.64 bits per heavy atom. The number of nitrogens with one attached hydrogen (secondary N) is 2. The van der Waals surface area contributed by atoms with Crippen LogP contribution in [0.15, 0.2) is 48.7 Å². The second-order valence-corrected chi connectivity index (χ2v) is 12.9. The fourth-order valence-electron chi connectivity index (χ4n) is 6.55. The van der Waals surface area contributed by atoms with Crippen LogP contribution in [0.1, 0.15) is 57.1 Å². The van der Waals surface area contributed by atoms with Crippen LogP contribution in [0.2, 0.25) is 0 Å². The lowest BCUT2D eigenvalue weighted by molar-refractivity contribution is -0.134. The summed E-state index contributed by atoms with van der Waals surface area (Å²) in [6, 6.07) is 13.1. The van der Waals surface area contributed by atoms with Gasteiger partial charge in [0.25, 0.3) is 0 Å². The zero-order valence-corrected chi connectivity index (χ0v) is 26.9. The largest absolute Gasteiger partial charge is 0.488 e. The van der Waals surface area contributed by atoms with Crippen molar-refractivity contribution in [3.8, 4) is 5.75 Å². The van der Waals surface area contributed by atoms with Crippen molar-refractivity contribution in [3.63, 3.8) is 0 Å². The summed E-state index contributed by atoms with van der Waals surface area (Å²) in [5.41, 5.74) is 3.22. The summed E-state index contributed by atoms with van der Waals surface area (Å²) in [4.78, 5) is 43.2. The van der Waals surface area contributed by atoms with Gasteiger partial charge in [-0.2, -0.15) is 0 Å². The number of carbonyl (C=O) groups is 3. The van der Waals surface area contributed by atoms with Crippen molar-refractivity contribution in [2.24, 2.45) is 13.0 Å². The highest BCUT2D eigenvalue weighted by Gasteiger charge is 2.32. The van der Waals surface area contributed by atoms with Crippen molar-refractivity contribution < 1.29 is 24.2 Å². The molecule has 4 amide bonds. The Balaban J connectivity index is 1.34. The number of aromatic nitrogens is 1. The van der Waals surface area contributed by atoms with E-state index in [1.807, 2.05) is 55.9 Å². The maximum atomic E-state index is 13.6. The number of hydrogen-bond acceptors (Lipinski definition) is 5. The number of carbonyl (C=O) groups excluding carboxylic acids is 3. The second kappa shape index (κ2) is 14.4. The minimum absolute atomic E-state index is 0.0597. The maximum absolute atomic E-state index is 13.6. The molecule has 0 unspecified atom stereocenters. The maximum Gasteiger partial charge on any atom is 0.317 e. The summed E-state index contributed by atoms with van der Waals surface area (Å²) in [6.07, 6.45) is 7.32. The Kier molecular flexibility index (Phi) is 10.3. The van der Waals surface area contributed by atoms with E-state index in [1.165, 1.54) is 6.42 Å². The molecule has 5 rings (SSSR count). The first-order valence-electron chi connectivity index (χ1n) is 16.2. The Morgan fingerprint density at radius 1 is 1.13 bits per heavy atom. The third-order valence-corrected chi connectivity index (χ3v) is 9.26. The van der Waals surface area contributed by atoms with Gasteiger partial charge in [-0.3, -0.25) is 9.59 Å². The molecular weight excluding hydrogens is 570 g/mol. The van der Waals surface area contributed by atoms with Crippen LogP contribution in [0.25, 0.3) is 10.9 Å². The lowest BCUT2D eigenvalue weighted by atomic mass is 9.96. The predicted molar refractivity (Wildman–Crippen MR) is 175 cm³/mol. The number of para-hydroxylation sites is 1. The average molecular weight is 618 g/mol. The molecule has 242 valence electrons. The highest BCUT2D eigenvalue weighted by Crippen LogP contribution is 2.30. The number of aliphatic hydroxyl groups excluding tert-OH is 1. The summed E-state index contributed by atoms with van der Waals surface area (Å²) in [5, 5.41) is 17.2. The van der Waals surface area contributed by atoms with Crippen LogP contribution in [0.5, 0.6) is 5.75 Å². The van der Waals surface area contributed by atoms with Gasteiger partial charge in [0.2, 0.25) is 11.8 Å². The first-order valence-corrected chi connectivity index (χ1v) is 16.2. The predicted octanol–water partition coefficient (Wildman–Crippen LogP) is 4.48. The second-order valence-electron chi connectivity index (χ2n) is 12.9. The van der Waals surface area contributed by atoms with E-state index < -0.39 is 6.10 Å². The summed E-state index contributed by atoms with van der Waals surface area (Å²) in [6.45, 7) is 4.39. The molecule has 2 aromatic carbocycles. The number of aryl methyl sites for hydroxylation is 1. The molecule has 1 fully saturated rings. The molecular formula is C35H47N5O5. The third-order valence-electron chi connectivity index (χ3n) is 9.26. The van der Waals surface area contributed by atoms with Crippen LogP contribution in [0.4, 0.5) is 10.5 Å². The molecule has 1 aliphatic heterocycles. The van der Waals surface area contributed by atoms with Crippen LogP contribution < -0.4 is 15.4 Å². The van der Waals surface area contributed by atoms with E-state index in [0.717, 1.165) is 42.1 Å². The van der Waals surface area contributed by atoms with Gasteiger partial charge < -0.3 is 34.8 Å². The zero-order valence-electron chi connectivity index (χ0n) is 26.9. The van der Waals surface area contributed by atoms with Gasteiger partial charge in [-0.1, -0.05) is 44.4 Å². The lowest BCUT2D eigenvalue weighted by Gasteiger charge is -2.34. The van der Waals surface area contributed by atoms with Gasteiger partial charge in [0.15, 0.2) is 0 Å². The van der Waals surface area contributed by atoms with Crippen molar-refractivity contribution in [1.82, 2.24) is 19.7 Å². The van der Waals surface area contributed by atoms with Crippen LogP contribution >= 0.6 is 0 Å². The van der Waals surface area contributed by atoms with Crippen LogP contribution in [0.3, 0.4) is 0 Å². The van der Waals surface area contributed by atoms with Gasteiger partial charge in [0, 0.05) is 61.0 Å². The molecule has 0 spiro atoms. The van der Waals surface area contributed by atoms with Crippen LogP contribution in [0, 0.1) is 5.92 Å². The number of urea groups is 1. The Morgan fingerprint density at radius 2 is 1.89 bits per heavy atom. The molecule has 2 heterocycles.